The van der Waals surface area contributed by atoms with E-state index in [2.05, 4.69) is 32.2 Å². The van der Waals surface area contributed by atoms with Crippen molar-refractivity contribution in [2.24, 2.45) is 0 Å². The van der Waals surface area contributed by atoms with Gasteiger partial charge in [-0.15, -0.1) is 0 Å². The van der Waals surface area contributed by atoms with Crippen LogP contribution in [0.3, 0.4) is 0 Å². The van der Waals surface area contributed by atoms with E-state index in [1.54, 1.807) is 0 Å². The van der Waals surface area contributed by atoms with Crippen molar-refractivity contribution in [3.63, 3.8) is 0 Å². The lowest BCUT2D eigenvalue weighted by molar-refractivity contribution is -0.870. The molecule has 15 heavy (non-hydrogen) atoms. The summed E-state index contributed by atoms with van der Waals surface area (Å²) in [4.78, 5) is 0. The molecule has 0 atom stereocenters. The number of hydrogen-bond acceptors (Lipinski definition) is 4. The molecule has 0 unspecified atom stereocenters. The average Bonchev–Trinajstić information content (AvgIpc) is 2.02. The first-order chi connectivity index (χ1) is 6.62. The molecule has 0 saturated heterocycles. The minimum Gasteiger partial charge on any atom is -0.726 e. The van der Waals surface area contributed by atoms with E-state index in [1.807, 2.05) is 0 Å². The van der Waals surface area contributed by atoms with Gasteiger partial charge >= 0.3 is 0 Å². The molecule has 0 rings (SSSR count). The van der Waals surface area contributed by atoms with E-state index in [-0.39, 0.29) is 0 Å². The zero-order valence-electron chi connectivity index (χ0n) is 10.3. The van der Waals surface area contributed by atoms with Crippen LogP contribution in [0.25, 0.3) is 0 Å². The second kappa shape index (κ2) is 8.04. The minimum absolute atomic E-state index is 0.808. The number of rotatable bonds is 5. The van der Waals surface area contributed by atoms with Crippen LogP contribution in [0.15, 0.2) is 0 Å². The van der Waals surface area contributed by atoms with Crippen LogP contribution in [-0.4, -0.2) is 52.3 Å². The van der Waals surface area contributed by atoms with Gasteiger partial charge < -0.3 is 9.04 Å². The fraction of sp³-hybridized carbons (Fsp3) is 1.00. The fourth-order valence-corrected chi connectivity index (χ4v) is 0.836. The van der Waals surface area contributed by atoms with Crippen molar-refractivity contribution >= 4 is 10.4 Å². The molecular weight excluding hydrogens is 218 g/mol. The van der Waals surface area contributed by atoms with Gasteiger partial charge in [0.25, 0.3) is 0 Å². The van der Waals surface area contributed by atoms with Crippen LogP contribution in [0.2, 0.25) is 0 Å². The van der Waals surface area contributed by atoms with Gasteiger partial charge in [-0.3, -0.25) is 4.18 Å². The van der Waals surface area contributed by atoms with Crippen LogP contribution in [0.1, 0.15) is 26.2 Å². The molecule has 0 aliphatic carbocycles. The third-order valence-electron chi connectivity index (χ3n) is 1.64. The highest BCUT2D eigenvalue weighted by atomic mass is 32.3. The zero-order valence-corrected chi connectivity index (χ0v) is 11.1. The molecule has 94 valence electrons. The Balaban J connectivity index is 0. The molecule has 5 nitrogen and oxygen atoms in total. The van der Waals surface area contributed by atoms with Gasteiger partial charge in [-0.05, 0) is 12.8 Å². The van der Waals surface area contributed by atoms with Gasteiger partial charge in [0.1, 0.15) is 0 Å². The number of unbranched alkanes of at least 4 members (excludes halogenated alkanes) is 2. The van der Waals surface area contributed by atoms with Crippen LogP contribution in [-0.2, 0) is 14.6 Å². The SMILES string of the molecule is CCCCC[N+](C)(C)C.COS(=O)(=O)[O-]. The Kier molecular flexibility index (Phi) is 9.23. The van der Waals surface area contributed by atoms with Crippen molar-refractivity contribution in [3.05, 3.63) is 0 Å². The topological polar surface area (TPSA) is 66.4 Å². The average molecular weight is 241 g/mol. The largest absolute Gasteiger partial charge is 0.726 e. The molecular formula is C9H23NO4S. The van der Waals surface area contributed by atoms with E-state index in [4.69, 9.17) is 0 Å². The second-order valence-electron chi connectivity index (χ2n) is 4.30. The van der Waals surface area contributed by atoms with Gasteiger partial charge in [-0.2, -0.15) is 0 Å². The summed E-state index contributed by atoms with van der Waals surface area (Å²) in [6, 6.07) is 0. The van der Waals surface area contributed by atoms with Gasteiger partial charge in [-0.25, -0.2) is 8.42 Å². The number of nitrogens with zero attached hydrogens (tertiary/aromatic N) is 1. The summed E-state index contributed by atoms with van der Waals surface area (Å²) in [5, 5.41) is 0. The van der Waals surface area contributed by atoms with E-state index in [9.17, 15) is 13.0 Å². The standard InChI is InChI=1S/C8H20N.CH4O4S/c1-5-6-7-8-9(2,3)4;1-5-6(2,3)4/h5-8H2,1-4H3;1H3,(H,2,3,4)/q+1;/p-1. The van der Waals surface area contributed by atoms with Crippen molar-refractivity contribution in [2.75, 3.05) is 34.8 Å². The van der Waals surface area contributed by atoms with E-state index < -0.39 is 10.4 Å². The Hall–Kier alpha value is -0.170. The van der Waals surface area contributed by atoms with Crippen molar-refractivity contribution in [3.8, 4) is 0 Å². The van der Waals surface area contributed by atoms with Gasteiger partial charge in [-0.1, -0.05) is 13.3 Å². The summed E-state index contributed by atoms with van der Waals surface area (Å²) in [6.07, 6.45) is 4.09. The molecule has 0 aromatic heterocycles. The number of hydrogen-bond donors (Lipinski definition) is 0. The summed E-state index contributed by atoms with van der Waals surface area (Å²) in [6.45, 7) is 3.56. The Morgan fingerprint density at radius 3 is 1.80 bits per heavy atom. The maximum absolute atomic E-state index is 9.22. The van der Waals surface area contributed by atoms with Gasteiger partial charge in [0.15, 0.2) is 0 Å². The Morgan fingerprint density at radius 2 is 1.60 bits per heavy atom. The molecule has 0 N–H and O–H groups in total. The van der Waals surface area contributed by atoms with Crippen LogP contribution < -0.4 is 0 Å². The van der Waals surface area contributed by atoms with Crippen molar-refractivity contribution in [1.82, 2.24) is 0 Å². The second-order valence-corrected chi connectivity index (χ2v) is 5.45. The molecule has 0 spiro atoms. The van der Waals surface area contributed by atoms with Crippen molar-refractivity contribution in [1.29, 1.82) is 0 Å². The highest BCUT2D eigenvalue weighted by Gasteiger charge is 2.03. The molecule has 0 aromatic rings. The van der Waals surface area contributed by atoms with E-state index in [0.29, 0.717) is 0 Å². The van der Waals surface area contributed by atoms with Crippen LogP contribution in [0.5, 0.6) is 0 Å². The van der Waals surface area contributed by atoms with E-state index >= 15 is 0 Å². The lowest BCUT2D eigenvalue weighted by Gasteiger charge is -2.23. The predicted octanol–water partition coefficient (Wildman–Crippen LogP) is 0.976. The van der Waals surface area contributed by atoms with Gasteiger partial charge in [0, 0.05) is 0 Å². The molecule has 6 heteroatoms. The minimum atomic E-state index is -4.41. The summed E-state index contributed by atoms with van der Waals surface area (Å²) in [5.41, 5.74) is 0. The summed E-state index contributed by atoms with van der Waals surface area (Å²) in [5.74, 6) is 0. The third-order valence-corrected chi connectivity index (χ3v) is 2.04. The molecule has 0 aromatic carbocycles. The Labute approximate surface area is 93.6 Å². The third kappa shape index (κ3) is 24.8. The Morgan fingerprint density at radius 1 is 1.20 bits per heavy atom. The highest BCUT2D eigenvalue weighted by molar-refractivity contribution is 7.80. The molecule has 0 amide bonds. The first-order valence-corrected chi connectivity index (χ1v) is 6.27. The molecule has 0 saturated carbocycles. The molecule has 0 aliphatic heterocycles. The van der Waals surface area contributed by atoms with Crippen LogP contribution in [0.4, 0.5) is 0 Å². The molecule has 0 bridgehead atoms. The Bertz CT molecular complexity index is 231. The first-order valence-electron chi connectivity index (χ1n) is 4.94. The monoisotopic (exact) mass is 241 g/mol. The molecule has 0 aliphatic rings. The fourth-order valence-electron chi connectivity index (χ4n) is 0.836. The molecule has 0 fully saturated rings. The van der Waals surface area contributed by atoms with Crippen molar-refractivity contribution in [2.45, 2.75) is 26.2 Å². The van der Waals surface area contributed by atoms with Gasteiger partial charge in [0.2, 0.25) is 10.4 Å². The van der Waals surface area contributed by atoms with E-state index in [1.165, 1.54) is 25.8 Å². The summed E-state index contributed by atoms with van der Waals surface area (Å²) in [7, 11) is 3.13. The predicted molar refractivity (Wildman–Crippen MR) is 59.1 cm³/mol. The highest BCUT2D eigenvalue weighted by Crippen LogP contribution is 1.98. The number of quaternary nitrogens is 1. The normalized spacial score (nSPS) is 11.9. The lowest BCUT2D eigenvalue weighted by atomic mass is 10.2. The maximum atomic E-state index is 9.22. The quantitative estimate of drug-likeness (QED) is 0.311. The van der Waals surface area contributed by atoms with E-state index in [0.717, 1.165) is 11.6 Å². The van der Waals surface area contributed by atoms with Crippen molar-refractivity contribution < 1.29 is 21.6 Å². The smallest absolute Gasteiger partial charge is 0.217 e. The van der Waals surface area contributed by atoms with Crippen LogP contribution >= 0.6 is 0 Å². The zero-order chi connectivity index (χ0) is 12.5. The van der Waals surface area contributed by atoms with Crippen LogP contribution in [0, 0.1) is 0 Å². The molecule has 0 radical (unpaired) electrons. The van der Waals surface area contributed by atoms with Gasteiger partial charge in [0.05, 0.1) is 34.8 Å². The first kappa shape index (κ1) is 17.2. The lowest BCUT2D eigenvalue weighted by Crippen LogP contribution is -2.35. The summed E-state index contributed by atoms with van der Waals surface area (Å²) < 4.78 is 32.1. The molecule has 0 heterocycles. The summed E-state index contributed by atoms with van der Waals surface area (Å²) >= 11 is 0. The maximum Gasteiger partial charge on any atom is 0.217 e.